The van der Waals surface area contributed by atoms with E-state index < -0.39 is 0 Å². The summed E-state index contributed by atoms with van der Waals surface area (Å²) in [6.45, 7) is 7.73. The predicted molar refractivity (Wildman–Crippen MR) is 110 cm³/mol. The molecule has 5 nitrogen and oxygen atoms in total. The summed E-state index contributed by atoms with van der Waals surface area (Å²) in [4.78, 5) is 7.96. The average molecular weight is 413 g/mol. The molecular weight excluding hydrogens is 387 g/mol. The molecule has 0 atom stereocenters. The van der Waals surface area contributed by atoms with Crippen LogP contribution in [-0.4, -0.2) is 44.0 Å². The van der Waals surface area contributed by atoms with Crippen LogP contribution in [0.3, 0.4) is 0 Å². The summed E-state index contributed by atoms with van der Waals surface area (Å²) in [5, 5.41) is 4.97. The second kappa shape index (κ2) is 11.2. The average Bonchev–Trinajstić information content (AvgIpc) is 3.19. The molecule has 0 radical (unpaired) electrons. The quantitative estimate of drug-likeness (QED) is 0.278. The number of nitrogens with zero attached hydrogens (tertiary/aromatic N) is 2. The van der Waals surface area contributed by atoms with Crippen molar-refractivity contribution in [1.82, 2.24) is 4.90 Å². The van der Waals surface area contributed by atoms with E-state index in [9.17, 15) is 0 Å². The first kappa shape index (κ1) is 21.6. The highest BCUT2D eigenvalue weighted by atomic mass is 35.5. The number of hydrogen-bond acceptors (Lipinski definition) is 5. The lowest BCUT2D eigenvalue weighted by atomic mass is 10.1. The Morgan fingerprint density at radius 2 is 1.81 bits per heavy atom. The summed E-state index contributed by atoms with van der Waals surface area (Å²) in [5.74, 6) is 1.05. The number of oxime groups is 1. The van der Waals surface area contributed by atoms with Crippen molar-refractivity contribution in [3.05, 3.63) is 51.9 Å². The molecule has 1 aromatic carbocycles. The van der Waals surface area contributed by atoms with Crippen molar-refractivity contribution in [1.29, 1.82) is 0 Å². The molecule has 0 spiro atoms. The zero-order chi connectivity index (χ0) is 19.6. The van der Waals surface area contributed by atoms with Gasteiger partial charge >= 0.3 is 0 Å². The molecule has 0 unspecified atom stereocenters. The maximum absolute atomic E-state index is 6.44. The SMILES string of the molecule is CCCN(CCC)CCO/N=C(/c1ccco1)c1ccc(OC)c(Cl)c1Cl. The van der Waals surface area contributed by atoms with Crippen LogP contribution in [0, 0.1) is 0 Å². The van der Waals surface area contributed by atoms with Gasteiger partial charge in [-0.2, -0.15) is 0 Å². The van der Waals surface area contributed by atoms with Crippen LogP contribution in [0.2, 0.25) is 10.0 Å². The monoisotopic (exact) mass is 412 g/mol. The number of ether oxygens (including phenoxy) is 1. The van der Waals surface area contributed by atoms with Gasteiger partial charge in [0.15, 0.2) is 11.5 Å². The Kier molecular flexibility index (Phi) is 8.98. The topological polar surface area (TPSA) is 47.2 Å². The molecular formula is C20H26Cl2N2O3. The van der Waals surface area contributed by atoms with Gasteiger partial charge in [0.1, 0.15) is 17.4 Å². The summed E-state index contributed by atoms with van der Waals surface area (Å²) in [7, 11) is 1.54. The van der Waals surface area contributed by atoms with Gasteiger partial charge in [-0.3, -0.25) is 4.90 Å². The Hall–Kier alpha value is -1.69. The molecule has 7 heteroatoms. The van der Waals surface area contributed by atoms with E-state index in [4.69, 9.17) is 37.2 Å². The molecule has 0 amide bonds. The van der Waals surface area contributed by atoms with Crippen LogP contribution < -0.4 is 4.74 Å². The van der Waals surface area contributed by atoms with E-state index in [0.717, 1.165) is 32.5 Å². The summed E-state index contributed by atoms with van der Waals surface area (Å²) in [6, 6.07) is 7.12. The van der Waals surface area contributed by atoms with Gasteiger partial charge in [0.25, 0.3) is 0 Å². The molecule has 0 N–H and O–H groups in total. The smallest absolute Gasteiger partial charge is 0.156 e. The van der Waals surface area contributed by atoms with Gasteiger partial charge < -0.3 is 14.0 Å². The van der Waals surface area contributed by atoms with Gasteiger partial charge in [0.05, 0.1) is 18.4 Å². The van der Waals surface area contributed by atoms with Crippen molar-refractivity contribution in [2.75, 3.05) is 33.4 Å². The van der Waals surface area contributed by atoms with E-state index in [1.54, 1.807) is 37.6 Å². The zero-order valence-electron chi connectivity index (χ0n) is 16.0. The van der Waals surface area contributed by atoms with Gasteiger partial charge in [-0.1, -0.05) is 42.2 Å². The van der Waals surface area contributed by atoms with Gasteiger partial charge in [0, 0.05) is 12.1 Å². The number of rotatable bonds is 11. The van der Waals surface area contributed by atoms with E-state index in [0.29, 0.717) is 39.4 Å². The Labute approximate surface area is 170 Å². The highest BCUT2D eigenvalue weighted by molar-refractivity contribution is 6.45. The lowest BCUT2D eigenvalue weighted by molar-refractivity contribution is 0.110. The summed E-state index contributed by atoms with van der Waals surface area (Å²) >= 11 is 12.7. The van der Waals surface area contributed by atoms with Crippen molar-refractivity contribution >= 4 is 28.9 Å². The van der Waals surface area contributed by atoms with Gasteiger partial charge in [-0.05, 0) is 50.2 Å². The summed E-state index contributed by atoms with van der Waals surface area (Å²) in [6.07, 6.45) is 3.80. The van der Waals surface area contributed by atoms with Crippen molar-refractivity contribution in [2.24, 2.45) is 5.16 Å². The fourth-order valence-electron chi connectivity index (χ4n) is 2.76. The van der Waals surface area contributed by atoms with E-state index in [1.165, 1.54) is 0 Å². The molecule has 1 heterocycles. The highest BCUT2D eigenvalue weighted by Crippen LogP contribution is 2.35. The number of halogens is 2. The lowest BCUT2D eigenvalue weighted by Gasteiger charge is -2.19. The maximum Gasteiger partial charge on any atom is 0.156 e. The first-order valence-electron chi connectivity index (χ1n) is 9.10. The molecule has 0 bridgehead atoms. The van der Waals surface area contributed by atoms with Crippen molar-refractivity contribution in [3.8, 4) is 5.75 Å². The van der Waals surface area contributed by atoms with E-state index in [2.05, 4.69) is 23.9 Å². The van der Waals surface area contributed by atoms with Gasteiger partial charge in [-0.25, -0.2) is 0 Å². The highest BCUT2D eigenvalue weighted by Gasteiger charge is 2.19. The Morgan fingerprint density at radius 1 is 1.07 bits per heavy atom. The molecule has 0 saturated carbocycles. The molecule has 1 aromatic heterocycles. The van der Waals surface area contributed by atoms with E-state index in [-0.39, 0.29) is 0 Å². The minimum atomic E-state index is 0.327. The Bertz CT molecular complexity index is 727. The van der Waals surface area contributed by atoms with Gasteiger partial charge in [0.2, 0.25) is 0 Å². The normalized spacial score (nSPS) is 11.9. The van der Waals surface area contributed by atoms with Crippen LogP contribution in [0.1, 0.15) is 38.0 Å². The number of benzene rings is 1. The Morgan fingerprint density at radius 3 is 2.41 bits per heavy atom. The molecule has 148 valence electrons. The third-order valence-electron chi connectivity index (χ3n) is 4.01. The minimum absolute atomic E-state index is 0.327. The number of methoxy groups -OCH3 is 1. The maximum atomic E-state index is 6.44. The number of hydrogen-bond donors (Lipinski definition) is 0. The standard InChI is InChI=1S/C20H26Cl2N2O3/c1-4-10-24(11-5-2)12-14-27-23-20(17-7-6-13-26-17)15-8-9-16(25-3)19(22)18(15)21/h6-9,13H,4-5,10-12,14H2,1-3H3/b23-20+. The second-order valence-electron chi connectivity index (χ2n) is 6.04. The third kappa shape index (κ3) is 5.89. The Balaban J connectivity index is 2.19. The first-order valence-corrected chi connectivity index (χ1v) is 9.86. The molecule has 0 aliphatic carbocycles. The fraction of sp³-hybridized carbons (Fsp3) is 0.450. The molecule has 0 fully saturated rings. The van der Waals surface area contributed by atoms with E-state index >= 15 is 0 Å². The molecule has 2 aromatic rings. The molecule has 2 rings (SSSR count). The fourth-order valence-corrected chi connectivity index (χ4v) is 3.25. The van der Waals surface area contributed by atoms with Crippen LogP contribution in [0.25, 0.3) is 0 Å². The van der Waals surface area contributed by atoms with Crippen molar-refractivity contribution in [2.45, 2.75) is 26.7 Å². The molecule has 0 aliphatic heterocycles. The molecule has 27 heavy (non-hydrogen) atoms. The van der Waals surface area contributed by atoms with Crippen LogP contribution in [0.5, 0.6) is 5.75 Å². The van der Waals surface area contributed by atoms with Crippen LogP contribution in [0.4, 0.5) is 0 Å². The number of furan rings is 1. The largest absolute Gasteiger partial charge is 0.495 e. The zero-order valence-corrected chi connectivity index (χ0v) is 17.5. The van der Waals surface area contributed by atoms with Crippen molar-refractivity contribution < 1.29 is 14.0 Å². The second-order valence-corrected chi connectivity index (χ2v) is 6.79. The lowest BCUT2D eigenvalue weighted by Crippen LogP contribution is -2.29. The predicted octanol–water partition coefficient (Wildman–Crippen LogP) is 5.49. The van der Waals surface area contributed by atoms with E-state index in [1.807, 2.05) is 0 Å². The summed E-state index contributed by atoms with van der Waals surface area (Å²) < 4.78 is 10.7. The molecule has 0 aliphatic rings. The van der Waals surface area contributed by atoms with Crippen LogP contribution >= 0.6 is 23.2 Å². The first-order chi connectivity index (χ1) is 13.1. The minimum Gasteiger partial charge on any atom is -0.495 e. The third-order valence-corrected chi connectivity index (χ3v) is 4.88. The summed E-state index contributed by atoms with van der Waals surface area (Å²) in [5.41, 5.74) is 1.11. The molecule has 0 saturated heterocycles. The van der Waals surface area contributed by atoms with Crippen LogP contribution in [0.15, 0.2) is 40.1 Å². The van der Waals surface area contributed by atoms with Crippen LogP contribution in [-0.2, 0) is 4.84 Å². The van der Waals surface area contributed by atoms with Crippen molar-refractivity contribution in [3.63, 3.8) is 0 Å². The van der Waals surface area contributed by atoms with Gasteiger partial charge in [-0.15, -0.1) is 0 Å².